The predicted molar refractivity (Wildman–Crippen MR) is 89.2 cm³/mol. The summed E-state index contributed by atoms with van der Waals surface area (Å²) >= 11 is 0. The van der Waals surface area contributed by atoms with E-state index in [2.05, 4.69) is 0 Å². The van der Waals surface area contributed by atoms with Gasteiger partial charge in [-0.25, -0.2) is 0 Å². The smallest absolute Gasteiger partial charge is 0.312 e. The maximum Gasteiger partial charge on any atom is 0.312 e. The molecule has 0 aromatic heterocycles. The summed E-state index contributed by atoms with van der Waals surface area (Å²) in [5.74, 6) is -1.16. The second-order valence-electron chi connectivity index (χ2n) is 5.74. The average molecular weight is 325 g/mol. The van der Waals surface area contributed by atoms with E-state index in [1.54, 1.807) is 29.2 Å². The Morgan fingerprint density at radius 3 is 2.75 bits per heavy atom. The minimum Gasteiger partial charge on any atom is -0.494 e. The highest BCUT2D eigenvalue weighted by Gasteiger charge is 2.32. The number of benzene rings is 2. The monoisotopic (exact) mass is 325 g/mol. The minimum absolute atomic E-state index is 0.171. The summed E-state index contributed by atoms with van der Waals surface area (Å²) in [6.07, 6.45) is 0. The van der Waals surface area contributed by atoms with Crippen molar-refractivity contribution in [3.63, 3.8) is 0 Å². The minimum atomic E-state index is -0.914. The van der Waals surface area contributed by atoms with Crippen LogP contribution in [0.3, 0.4) is 0 Å². The quantitative estimate of drug-likeness (QED) is 0.938. The van der Waals surface area contributed by atoms with Crippen molar-refractivity contribution >= 4 is 11.9 Å². The number of fused-ring (bicyclic) bond motifs is 1. The number of carboxylic acid groups (broad SMARTS) is 1. The van der Waals surface area contributed by atoms with E-state index in [1.165, 1.54) is 0 Å². The average Bonchev–Trinajstić information content (AvgIpc) is 2.60. The fraction of sp³-hybridized carbons (Fsp3) is 0.263. The Morgan fingerprint density at radius 2 is 2.00 bits per heavy atom. The molecule has 2 aromatic rings. The summed E-state index contributed by atoms with van der Waals surface area (Å²) in [6, 6.07) is 14.4. The van der Waals surface area contributed by atoms with Gasteiger partial charge in [0.05, 0.1) is 12.5 Å². The molecule has 1 unspecified atom stereocenters. The number of aliphatic carboxylic acids is 1. The van der Waals surface area contributed by atoms with Crippen LogP contribution in [0.15, 0.2) is 48.5 Å². The van der Waals surface area contributed by atoms with Gasteiger partial charge < -0.3 is 14.7 Å². The molecule has 1 atom stereocenters. The van der Waals surface area contributed by atoms with Gasteiger partial charge in [0.2, 0.25) is 0 Å². The molecule has 1 aliphatic rings. The van der Waals surface area contributed by atoms with E-state index < -0.39 is 11.9 Å². The summed E-state index contributed by atoms with van der Waals surface area (Å²) in [5, 5.41) is 9.51. The SMILES string of the molecule is CCOc1cccc(C(=O)N2Cc3ccccc3C(C(=O)O)C2)c1. The van der Waals surface area contributed by atoms with Crippen molar-refractivity contribution in [3.05, 3.63) is 65.2 Å². The number of carbonyl (C=O) groups is 2. The second-order valence-corrected chi connectivity index (χ2v) is 5.74. The van der Waals surface area contributed by atoms with Crippen molar-refractivity contribution in [2.75, 3.05) is 13.2 Å². The molecule has 5 heteroatoms. The van der Waals surface area contributed by atoms with Crippen LogP contribution in [0.1, 0.15) is 34.3 Å². The normalized spacial score (nSPS) is 16.4. The third kappa shape index (κ3) is 3.11. The summed E-state index contributed by atoms with van der Waals surface area (Å²) in [6.45, 7) is 2.99. The van der Waals surface area contributed by atoms with Crippen LogP contribution in [-0.2, 0) is 11.3 Å². The van der Waals surface area contributed by atoms with Crippen molar-refractivity contribution < 1.29 is 19.4 Å². The maximum atomic E-state index is 12.8. The van der Waals surface area contributed by atoms with E-state index in [9.17, 15) is 14.7 Å². The van der Waals surface area contributed by atoms with Crippen LogP contribution < -0.4 is 4.74 Å². The Balaban J connectivity index is 1.89. The molecule has 0 bridgehead atoms. The van der Waals surface area contributed by atoms with E-state index in [0.29, 0.717) is 24.5 Å². The van der Waals surface area contributed by atoms with E-state index in [1.807, 2.05) is 31.2 Å². The first-order chi connectivity index (χ1) is 11.6. The Morgan fingerprint density at radius 1 is 1.21 bits per heavy atom. The molecule has 1 heterocycles. The topological polar surface area (TPSA) is 66.8 Å². The highest BCUT2D eigenvalue weighted by molar-refractivity contribution is 5.95. The lowest BCUT2D eigenvalue weighted by Crippen LogP contribution is -2.40. The molecule has 1 amide bonds. The van der Waals surface area contributed by atoms with Crippen molar-refractivity contribution in [1.82, 2.24) is 4.90 Å². The molecule has 0 radical (unpaired) electrons. The van der Waals surface area contributed by atoms with Crippen molar-refractivity contribution in [1.29, 1.82) is 0 Å². The van der Waals surface area contributed by atoms with Gasteiger partial charge in [0.1, 0.15) is 5.75 Å². The number of nitrogens with zero attached hydrogens (tertiary/aromatic N) is 1. The zero-order chi connectivity index (χ0) is 17.1. The Hall–Kier alpha value is -2.82. The third-order valence-electron chi connectivity index (χ3n) is 4.17. The predicted octanol–water partition coefficient (Wildman–Crippen LogP) is 2.91. The number of hydrogen-bond acceptors (Lipinski definition) is 3. The molecule has 0 saturated heterocycles. The number of hydrogen-bond donors (Lipinski definition) is 1. The van der Waals surface area contributed by atoms with Gasteiger partial charge in [-0.15, -0.1) is 0 Å². The first-order valence-corrected chi connectivity index (χ1v) is 7.93. The molecular weight excluding hydrogens is 306 g/mol. The van der Waals surface area contributed by atoms with Crippen LogP contribution in [0.4, 0.5) is 0 Å². The van der Waals surface area contributed by atoms with Crippen LogP contribution >= 0.6 is 0 Å². The molecule has 0 saturated carbocycles. The first kappa shape index (κ1) is 16.1. The van der Waals surface area contributed by atoms with E-state index >= 15 is 0 Å². The lowest BCUT2D eigenvalue weighted by molar-refractivity contribution is -0.139. The van der Waals surface area contributed by atoms with Gasteiger partial charge in [0.15, 0.2) is 0 Å². The molecule has 1 aliphatic heterocycles. The van der Waals surface area contributed by atoms with E-state index in [0.717, 1.165) is 11.1 Å². The summed E-state index contributed by atoms with van der Waals surface area (Å²) in [5.41, 5.74) is 2.17. The molecular formula is C19H19NO4. The highest BCUT2D eigenvalue weighted by Crippen LogP contribution is 2.29. The number of carbonyl (C=O) groups excluding carboxylic acids is 1. The molecule has 2 aromatic carbocycles. The fourth-order valence-electron chi connectivity index (χ4n) is 3.04. The summed E-state index contributed by atoms with van der Waals surface area (Å²) < 4.78 is 5.43. The highest BCUT2D eigenvalue weighted by atomic mass is 16.5. The van der Waals surface area contributed by atoms with Crippen molar-refractivity contribution in [2.24, 2.45) is 0 Å². The van der Waals surface area contributed by atoms with Gasteiger partial charge in [-0.1, -0.05) is 30.3 Å². The molecule has 1 N–H and O–H groups in total. The zero-order valence-corrected chi connectivity index (χ0v) is 13.4. The number of amides is 1. The van der Waals surface area contributed by atoms with Crippen LogP contribution in [0.5, 0.6) is 5.75 Å². The van der Waals surface area contributed by atoms with E-state index in [-0.39, 0.29) is 12.5 Å². The number of ether oxygens (including phenoxy) is 1. The van der Waals surface area contributed by atoms with E-state index in [4.69, 9.17) is 4.74 Å². The summed E-state index contributed by atoms with van der Waals surface area (Å²) in [4.78, 5) is 26.0. The fourth-order valence-corrected chi connectivity index (χ4v) is 3.04. The molecule has 3 rings (SSSR count). The Kier molecular flexibility index (Phi) is 4.51. The third-order valence-corrected chi connectivity index (χ3v) is 4.17. The standard InChI is InChI=1S/C19H19NO4/c1-2-24-15-8-5-7-13(10-15)18(21)20-11-14-6-3-4-9-16(14)17(12-20)19(22)23/h3-10,17H,2,11-12H2,1H3,(H,22,23). The van der Waals surface area contributed by atoms with Gasteiger partial charge >= 0.3 is 5.97 Å². The molecule has 0 spiro atoms. The van der Waals surface area contributed by atoms with Crippen LogP contribution in [0.2, 0.25) is 0 Å². The van der Waals surface area contributed by atoms with Crippen molar-refractivity contribution in [3.8, 4) is 5.75 Å². The Labute approximate surface area is 140 Å². The zero-order valence-electron chi connectivity index (χ0n) is 13.4. The molecule has 0 fully saturated rings. The van der Waals surface area contributed by atoms with Gasteiger partial charge in [-0.05, 0) is 36.2 Å². The molecule has 5 nitrogen and oxygen atoms in total. The van der Waals surface area contributed by atoms with Gasteiger partial charge in [0, 0.05) is 18.7 Å². The van der Waals surface area contributed by atoms with Crippen LogP contribution in [-0.4, -0.2) is 35.0 Å². The number of carboxylic acids is 1. The van der Waals surface area contributed by atoms with Gasteiger partial charge in [-0.2, -0.15) is 0 Å². The summed E-state index contributed by atoms with van der Waals surface area (Å²) in [7, 11) is 0. The first-order valence-electron chi connectivity index (χ1n) is 7.93. The Bertz CT molecular complexity index is 771. The van der Waals surface area contributed by atoms with Crippen LogP contribution in [0.25, 0.3) is 0 Å². The molecule has 0 aliphatic carbocycles. The second kappa shape index (κ2) is 6.74. The lowest BCUT2D eigenvalue weighted by Gasteiger charge is -2.33. The van der Waals surface area contributed by atoms with Gasteiger partial charge in [-0.3, -0.25) is 9.59 Å². The molecule has 124 valence electrons. The van der Waals surface area contributed by atoms with Crippen LogP contribution in [0, 0.1) is 0 Å². The largest absolute Gasteiger partial charge is 0.494 e. The van der Waals surface area contributed by atoms with Crippen molar-refractivity contribution in [2.45, 2.75) is 19.4 Å². The maximum absolute atomic E-state index is 12.8. The van der Waals surface area contributed by atoms with Gasteiger partial charge in [0.25, 0.3) is 5.91 Å². The molecule has 24 heavy (non-hydrogen) atoms. The lowest BCUT2D eigenvalue weighted by atomic mass is 9.89. The number of rotatable bonds is 4.